The summed E-state index contributed by atoms with van der Waals surface area (Å²) in [5, 5.41) is 10.4. The second kappa shape index (κ2) is 13.6. The SMILES string of the molecule is C=C1CC(O)/C=C/C[C@@H]([C@H](COC)OC)OC(=O)/C=C\C[C@@H]2C=CC[C@@H](C[C@@H](C)C1)O2. The normalized spacial score (nSPS) is 34.3. The maximum Gasteiger partial charge on any atom is 0.330 e. The van der Waals surface area contributed by atoms with Crippen molar-refractivity contribution in [3.05, 3.63) is 48.6 Å². The van der Waals surface area contributed by atoms with Crippen LogP contribution >= 0.6 is 0 Å². The summed E-state index contributed by atoms with van der Waals surface area (Å²) < 4.78 is 22.5. The molecule has 0 aliphatic carbocycles. The molecule has 6 nitrogen and oxygen atoms in total. The molecule has 0 radical (unpaired) electrons. The summed E-state index contributed by atoms with van der Waals surface area (Å²) >= 11 is 0. The van der Waals surface area contributed by atoms with Gasteiger partial charge < -0.3 is 24.1 Å². The zero-order valence-electron chi connectivity index (χ0n) is 19.1. The number of hydrogen-bond acceptors (Lipinski definition) is 6. The Labute approximate surface area is 186 Å². The van der Waals surface area contributed by atoms with E-state index < -0.39 is 24.3 Å². The largest absolute Gasteiger partial charge is 0.456 e. The Kier molecular flexibility index (Phi) is 11.2. The summed E-state index contributed by atoms with van der Waals surface area (Å²) in [6.45, 7) is 6.65. The lowest BCUT2D eigenvalue weighted by atomic mass is 9.91. The summed E-state index contributed by atoms with van der Waals surface area (Å²) in [7, 11) is 3.14. The van der Waals surface area contributed by atoms with Crippen LogP contribution in [0.15, 0.2) is 48.6 Å². The molecule has 0 aromatic carbocycles. The van der Waals surface area contributed by atoms with E-state index in [0.29, 0.717) is 31.8 Å². The molecule has 0 fully saturated rings. The van der Waals surface area contributed by atoms with Gasteiger partial charge in [0, 0.05) is 26.7 Å². The second-order valence-corrected chi connectivity index (χ2v) is 8.53. The molecule has 2 aliphatic rings. The number of cyclic esters (lactones) is 1. The van der Waals surface area contributed by atoms with E-state index in [2.05, 4.69) is 25.7 Å². The van der Waals surface area contributed by atoms with Gasteiger partial charge in [0.15, 0.2) is 0 Å². The van der Waals surface area contributed by atoms with Crippen LogP contribution in [0, 0.1) is 5.92 Å². The highest BCUT2D eigenvalue weighted by Gasteiger charge is 2.24. The third-order valence-corrected chi connectivity index (χ3v) is 5.58. The molecule has 174 valence electrons. The van der Waals surface area contributed by atoms with Crippen molar-refractivity contribution in [1.29, 1.82) is 0 Å². The van der Waals surface area contributed by atoms with Crippen LogP contribution < -0.4 is 0 Å². The van der Waals surface area contributed by atoms with E-state index >= 15 is 0 Å². The number of fused-ring (bicyclic) bond motifs is 2. The van der Waals surface area contributed by atoms with E-state index in [4.69, 9.17) is 18.9 Å². The van der Waals surface area contributed by atoms with Crippen molar-refractivity contribution >= 4 is 5.97 Å². The minimum atomic E-state index is -0.628. The van der Waals surface area contributed by atoms with Gasteiger partial charge in [-0.2, -0.15) is 0 Å². The molecule has 2 aliphatic heterocycles. The van der Waals surface area contributed by atoms with Gasteiger partial charge in [-0.25, -0.2) is 4.79 Å². The maximum absolute atomic E-state index is 12.4. The summed E-state index contributed by atoms with van der Waals surface area (Å²) in [5.74, 6) is -0.0114. The zero-order chi connectivity index (χ0) is 22.6. The Bertz CT molecular complexity index is 652. The van der Waals surface area contributed by atoms with Gasteiger partial charge in [-0.15, -0.1) is 0 Å². The Morgan fingerprint density at radius 1 is 1.16 bits per heavy atom. The molecule has 2 heterocycles. The Morgan fingerprint density at radius 2 is 1.94 bits per heavy atom. The average Bonchev–Trinajstić information content (AvgIpc) is 2.70. The van der Waals surface area contributed by atoms with Crippen LogP contribution in [0.5, 0.6) is 0 Å². The van der Waals surface area contributed by atoms with Gasteiger partial charge in [-0.05, 0) is 38.0 Å². The van der Waals surface area contributed by atoms with E-state index in [1.165, 1.54) is 6.08 Å². The predicted octanol–water partition coefficient (Wildman–Crippen LogP) is 3.90. The minimum absolute atomic E-state index is 0.0437. The van der Waals surface area contributed by atoms with Crippen LogP contribution in [0.4, 0.5) is 0 Å². The van der Waals surface area contributed by atoms with Gasteiger partial charge in [-0.1, -0.05) is 49.5 Å². The summed E-state index contributed by atoms with van der Waals surface area (Å²) in [5.41, 5.74) is 1.02. The van der Waals surface area contributed by atoms with Crippen molar-refractivity contribution < 1.29 is 28.8 Å². The molecule has 0 aromatic heterocycles. The Balaban J connectivity index is 2.14. The fourth-order valence-corrected chi connectivity index (χ4v) is 4.11. The van der Waals surface area contributed by atoms with Crippen LogP contribution in [0.3, 0.4) is 0 Å². The average molecular weight is 435 g/mol. The number of hydrogen-bond donors (Lipinski definition) is 1. The van der Waals surface area contributed by atoms with Crippen molar-refractivity contribution in [3.63, 3.8) is 0 Å². The second-order valence-electron chi connectivity index (χ2n) is 8.53. The van der Waals surface area contributed by atoms with E-state index in [0.717, 1.165) is 24.8 Å². The summed E-state index contributed by atoms with van der Waals surface area (Å²) in [6.07, 6.45) is 13.8. The predicted molar refractivity (Wildman–Crippen MR) is 121 cm³/mol. The first kappa shape index (κ1) is 25.5. The van der Waals surface area contributed by atoms with Crippen molar-refractivity contribution in [3.8, 4) is 0 Å². The highest BCUT2D eigenvalue weighted by atomic mass is 16.6. The lowest BCUT2D eigenvalue weighted by molar-refractivity contribution is -0.152. The monoisotopic (exact) mass is 434 g/mol. The lowest BCUT2D eigenvalue weighted by Gasteiger charge is -2.28. The number of carbonyl (C=O) groups excluding carboxylic acids is 1. The van der Waals surface area contributed by atoms with Crippen molar-refractivity contribution in [1.82, 2.24) is 0 Å². The summed E-state index contributed by atoms with van der Waals surface area (Å²) in [6, 6.07) is 0. The van der Waals surface area contributed by atoms with Gasteiger partial charge in [0.25, 0.3) is 0 Å². The molecule has 0 spiro atoms. The molecule has 0 amide bonds. The molecule has 0 aromatic rings. The first-order chi connectivity index (χ1) is 14.9. The van der Waals surface area contributed by atoms with E-state index in [-0.39, 0.29) is 12.2 Å². The zero-order valence-corrected chi connectivity index (χ0v) is 19.1. The van der Waals surface area contributed by atoms with Gasteiger partial charge >= 0.3 is 5.97 Å². The van der Waals surface area contributed by atoms with Crippen molar-refractivity contribution in [2.45, 2.75) is 76.0 Å². The standard InChI is InChI=1S/C25H38O6/c1-18-14-19(2)16-22-11-6-9-21(30-22)10-7-13-25(27)31-23(24(29-4)17-28-3)12-5-8-20(26)15-18/h5-9,13,19-24,26H,1,10-12,14-17H2,2-4H3/b8-5+,13-7-/t19-,20?,21-,22-,23-,24-/m0/s1. The van der Waals surface area contributed by atoms with E-state index in [1.54, 1.807) is 26.4 Å². The molecule has 1 unspecified atom stereocenters. The molecular weight excluding hydrogens is 396 g/mol. The first-order valence-electron chi connectivity index (χ1n) is 11.1. The number of aliphatic hydroxyl groups is 1. The quantitative estimate of drug-likeness (QED) is 0.534. The van der Waals surface area contributed by atoms with Gasteiger partial charge in [0.05, 0.1) is 24.9 Å². The molecule has 0 saturated carbocycles. The number of methoxy groups -OCH3 is 2. The number of esters is 1. The van der Waals surface area contributed by atoms with Gasteiger partial charge in [0.1, 0.15) is 12.2 Å². The number of aliphatic hydroxyl groups excluding tert-OH is 1. The molecule has 2 rings (SSSR count). The van der Waals surface area contributed by atoms with Gasteiger partial charge in [0.2, 0.25) is 0 Å². The first-order valence-corrected chi connectivity index (χ1v) is 11.1. The molecule has 6 atom stereocenters. The molecule has 6 heteroatoms. The topological polar surface area (TPSA) is 74.2 Å². The van der Waals surface area contributed by atoms with Crippen LogP contribution in [-0.2, 0) is 23.7 Å². The fraction of sp³-hybridized carbons (Fsp3) is 0.640. The van der Waals surface area contributed by atoms with Crippen LogP contribution in [0.2, 0.25) is 0 Å². The third kappa shape index (κ3) is 9.52. The summed E-state index contributed by atoms with van der Waals surface area (Å²) in [4.78, 5) is 12.4. The minimum Gasteiger partial charge on any atom is -0.456 e. The van der Waals surface area contributed by atoms with Crippen LogP contribution in [0.25, 0.3) is 0 Å². The Hall–Kier alpha value is -1.73. The van der Waals surface area contributed by atoms with Crippen molar-refractivity contribution in [2.24, 2.45) is 5.92 Å². The molecule has 31 heavy (non-hydrogen) atoms. The number of ether oxygens (including phenoxy) is 4. The number of rotatable bonds is 4. The number of carbonyl (C=O) groups is 1. The molecule has 1 N–H and O–H groups in total. The van der Waals surface area contributed by atoms with E-state index in [1.807, 2.05) is 6.08 Å². The highest BCUT2D eigenvalue weighted by molar-refractivity contribution is 5.82. The molecular formula is C25H38O6. The maximum atomic E-state index is 12.4. The van der Waals surface area contributed by atoms with Crippen molar-refractivity contribution in [2.75, 3.05) is 20.8 Å². The lowest BCUT2D eigenvalue weighted by Crippen LogP contribution is -2.35. The highest BCUT2D eigenvalue weighted by Crippen LogP contribution is 2.25. The van der Waals surface area contributed by atoms with Crippen LogP contribution in [-0.4, -0.2) is 62.4 Å². The van der Waals surface area contributed by atoms with Crippen LogP contribution in [0.1, 0.15) is 45.4 Å². The molecule has 2 bridgehead atoms. The van der Waals surface area contributed by atoms with Gasteiger partial charge in [-0.3, -0.25) is 0 Å². The van der Waals surface area contributed by atoms with E-state index in [9.17, 15) is 9.90 Å². The third-order valence-electron chi connectivity index (χ3n) is 5.58. The smallest absolute Gasteiger partial charge is 0.330 e. The Morgan fingerprint density at radius 3 is 2.68 bits per heavy atom. The fourth-order valence-electron chi connectivity index (χ4n) is 4.11. The molecule has 0 saturated heterocycles.